The SMILES string of the molecule is CCCOC(=O)C1NC(=O)CC1C. The Kier molecular flexibility index (Phi) is 3.28. The first-order valence-corrected chi connectivity index (χ1v) is 4.61. The van der Waals surface area contributed by atoms with Gasteiger partial charge in [-0.2, -0.15) is 0 Å². The molecule has 0 radical (unpaired) electrons. The molecule has 0 aromatic carbocycles. The maximum absolute atomic E-state index is 11.3. The van der Waals surface area contributed by atoms with Crippen LogP contribution >= 0.6 is 0 Å². The zero-order valence-electron chi connectivity index (χ0n) is 8.00. The second kappa shape index (κ2) is 4.25. The molecule has 0 aromatic rings. The summed E-state index contributed by atoms with van der Waals surface area (Å²) in [6.45, 7) is 4.23. The van der Waals surface area contributed by atoms with E-state index in [1.807, 2.05) is 13.8 Å². The van der Waals surface area contributed by atoms with Crippen molar-refractivity contribution in [2.75, 3.05) is 6.61 Å². The van der Waals surface area contributed by atoms with Gasteiger partial charge in [0.15, 0.2) is 0 Å². The van der Waals surface area contributed by atoms with Crippen molar-refractivity contribution < 1.29 is 14.3 Å². The molecule has 0 aliphatic carbocycles. The second-order valence-corrected chi connectivity index (χ2v) is 3.39. The summed E-state index contributed by atoms with van der Waals surface area (Å²) in [6, 6.07) is -0.431. The molecule has 0 aromatic heterocycles. The first kappa shape index (κ1) is 10.0. The molecule has 0 bridgehead atoms. The third kappa shape index (κ3) is 2.44. The number of rotatable bonds is 3. The van der Waals surface area contributed by atoms with E-state index >= 15 is 0 Å². The molecule has 1 N–H and O–H groups in total. The number of ether oxygens (including phenoxy) is 1. The van der Waals surface area contributed by atoms with Crippen molar-refractivity contribution in [2.24, 2.45) is 5.92 Å². The van der Waals surface area contributed by atoms with Crippen LogP contribution in [-0.4, -0.2) is 24.5 Å². The Morgan fingerprint density at radius 1 is 1.69 bits per heavy atom. The predicted octanol–water partition coefficient (Wildman–Crippen LogP) is 0.464. The number of hydrogen-bond acceptors (Lipinski definition) is 3. The molecule has 1 aliphatic heterocycles. The molecule has 1 amide bonds. The Morgan fingerprint density at radius 3 is 2.85 bits per heavy atom. The molecule has 2 unspecified atom stereocenters. The minimum atomic E-state index is -0.431. The van der Waals surface area contributed by atoms with Crippen LogP contribution in [0.5, 0.6) is 0 Å². The van der Waals surface area contributed by atoms with Crippen LogP contribution in [0, 0.1) is 5.92 Å². The molecular weight excluding hydrogens is 170 g/mol. The van der Waals surface area contributed by atoms with E-state index in [0.717, 1.165) is 6.42 Å². The van der Waals surface area contributed by atoms with E-state index in [0.29, 0.717) is 13.0 Å². The van der Waals surface area contributed by atoms with Crippen molar-refractivity contribution in [1.29, 1.82) is 0 Å². The van der Waals surface area contributed by atoms with Crippen LogP contribution in [0.1, 0.15) is 26.7 Å². The number of esters is 1. The highest BCUT2D eigenvalue weighted by Gasteiger charge is 2.35. The minimum absolute atomic E-state index is 0.0526. The van der Waals surface area contributed by atoms with Gasteiger partial charge in [0.05, 0.1) is 6.61 Å². The first-order valence-electron chi connectivity index (χ1n) is 4.61. The van der Waals surface area contributed by atoms with E-state index in [1.165, 1.54) is 0 Å². The van der Waals surface area contributed by atoms with Crippen LogP contribution in [0.25, 0.3) is 0 Å². The second-order valence-electron chi connectivity index (χ2n) is 3.39. The van der Waals surface area contributed by atoms with E-state index in [1.54, 1.807) is 0 Å². The van der Waals surface area contributed by atoms with Crippen molar-refractivity contribution in [3.05, 3.63) is 0 Å². The van der Waals surface area contributed by atoms with Crippen LogP contribution in [0.2, 0.25) is 0 Å². The third-order valence-electron chi connectivity index (χ3n) is 2.10. The summed E-state index contributed by atoms with van der Waals surface area (Å²) in [5.74, 6) is -0.317. The van der Waals surface area contributed by atoms with Crippen LogP contribution < -0.4 is 5.32 Å². The van der Waals surface area contributed by atoms with E-state index < -0.39 is 6.04 Å². The fraction of sp³-hybridized carbons (Fsp3) is 0.778. The monoisotopic (exact) mass is 185 g/mol. The highest BCUT2D eigenvalue weighted by Crippen LogP contribution is 2.16. The lowest BCUT2D eigenvalue weighted by molar-refractivity contribution is -0.147. The van der Waals surface area contributed by atoms with E-state index in [-0.39, 0.29) is 17.8 Å². The van der Waals surface area contributed by atoms with Gasteiger partial charge in [-0.1, -0.05) is 13.8 Å². The molecule has 1 saturated heterocycles. The predicted molar refractivity (Wildman–Crippen MR) is 47.0 cm³/mol. The molecule has 1 rings (SSSR count). The van der Waals surface area contributed by atoms with Crippen LogP contribution in [-0.2, 0) is 14.3 Å². The van der Waals surface area contributed by atoms with Gasteiger partial charge >= 0.3 is 5.97 Å². The maximum Gasteiger partial charge on any atom is 0.328 e. The zero-order valence-corrected chi connectivity index (χ0v) is 8.00. The normalized spacial score (nSPS) is 27.1. The summed E-state index contributed by atoms with van der Waals surface area (Å²) in [7, 11) is 0. The van der Waals surface area contributed by atoms with E-state index in [2.05, 4.69) is 5.32 Å². The smallest absolute Gasteiger partial charge is 0.328 e. The first-order chi connectivity index (χ1) is 6.15. The molecule has 1 heterocycles. The largest absolute Gasteiger partial charge is 0.464 e. The van der Waals surface area contributed by atoms with Crippen molar-refractivity contribution in [2.45, 2.75) is 32.7 Å². The van der Waals surface area contributed by atoms with Gasteiger partial charge < -0.3 is 10.1 Å². The Labute approximate surface area is 77.6 Å². The molecule has 13 heavy (non-hydrogen) atoms. The average molecular weight is 185 g/mol. The van der Waals surface area contributed by atoms with Crippen LogP contribution in [0.15, 0.2) is 0 Å². The third-order valence-corrected chi connectivity index (χ3v) is 2.10. The lowest BCUT2D eigenvalue weighted by atomic mass is 10.0. The van der Waals surface area contributed by atoms with Gasteiger partial charge in [-0.3, -0.25) is 4.79 Å². The van der Waals surface area contributed by atoms with Crippen LogP contribution in [0.4, 0.5) is 0 Å². The van der Waals surface area contributed by atoms with Gasteiger partial charge in [0.1, 0.15) is 6.04 Å². The van der Waals surface area contributed by atoms with Crippen molar-refractivity contribution in [1.82, 2.24) is 5.32 Å². The quantitative estimate of drug-likeness (QED) is 0.650. The van der Waals surface area contributed by atoms with Gasteiger partial charge in [0.2, 0.25) is 5.91 Å². The van der Waals surface area contributed by atoms with Crippen LogP contribution in [0.3, 0.4) is 0 Å². The molecule has 0 saturated carbocycles. The zero-order chi connectivity index (χ0) is 9.84. The summed E-state index contributed by atoms with van der Waals surface area (Å²) >= 11 is 0. The molecule has 4 nitrogen and oxygen atoms in total. The molecular formula is C9H15NO3. The Balaban J connectivity index is 2.42. The molecule has 1 fully saturated rings. The number of amides is 1. The lowest BCUT2D eigenvalue weighted by Gasteiger charge is -2.13. The van der Waals surface area contributed by atoms with Crippen molar-refractivity contribution >= 4 is 11.9 Å². The Morgan fingerprint density at radius 2 is 2.38 bits per heavy atom. The summed E-state index contributed by atoms with van der Waals surface area (Å²) in [5.41, 5.74) is 0. The summed E-state index contributed by atoms with van der Waals surface area (Å²) < 4.78 is 4.94. The number of hydrogen-bond donors (Lipinski definition) is 1. The average Bonchev–Trinajstić information content (AvgIpc) is 2.41. The number of nitrogens with one attached hydrogen (secondary N) is 1. The minimum Gasteiger partial charge on any atom is -0.464 e. The maximum atomic E-state index is 11.3. The van der Waals surface area contributed by atoms with Gasteiger partial charge in [-0.15, -0.1) is 0 Å². The fourth-order valence-electron chi connectivity index (χ4n) is 1.37. The van der Waals surface area contributed by atoms with E-state index in [9.17, 15) is 9.59 Å². The summed E-state index contributed by atoms with van der Waals surface area (Å²) in [6.07, 6.45) is 1.23. The topological polar surface area (TPSA) is 55.4 Å². The molecule has 1 aliphatic rings. The summed E-state index contributed by atoms with van der Waals surface area (Å²) in [5, 5.41) is 2.60. The molecule has 4 heteroatoms. The number of carbonyl (C=O) groups is 2. The Hall–Kier alpha value is -1.06. The van der Waals surface area contributed by atoms with E-state index in [4.69, 9.17) is 4.74 Å². The van der Waals surface area contributed by atoms with Gasteiger partial charge in [0.25, 0.3) is 0 Å². The molecule has 2 atom stereocenters. The number of carbonyl (C=O) groups excluding carboxylic acids is 2. The van der Waals surface area contributed by atoms with Crippen molar-refractivity contribution in [3.63, 3.8) is 0 Å². The standard InChI is InChI=1S/C9H15NO3/c1-3-4-13-9(12)8-6(2)5-7(11)10-8/h6,8H,3-5H2,1-2H3,(H,10,11). The van der Waals surface area contributed by atoms with Crippen molar-refractivity contribution in [3.8, 4) is 0 Å². The van der Waals surface area contributed by atoms with Gasteiger partial charge in [-0.05, 0) is 12.3 Å². The highest BCUT2D eigenvalue weighted by atomic mass is 16.5. The van der Waals surface area contributed by atoms with Gasteiger partial charge in [0, 0.05) is 6.42 Å². The van der Waals surface area contributed by atoms with Gasteiger partial charge in [-0.25, -0.2) is 4.79 Å². The fourth-order valence-corrected chi connectivity index (χ4v) is 1.37. The summed E-state index contributed by atoms with van der Waals surface area (Å²) in [4.78, 5) is 22.2. The Bertz CT molecular complexity index is 215. The molecule has 74 valence electrons. The highest BCUT2D eigenvalue weighted by molar-refractivity contribution is 5.88. The molecule has 0 spiro atoms. The lowest BCUT2D eigenvalue weighted by Crippen LogP contribution is -2.37.